The first kappa shape index (κ1) is 11.3. The van der Waals surface area contributed by atoms with Crippen molar-refractivity contribution in [3.8, 4) is 0 Å². The van der Waals surface area contributed by atoms with Gasteiger partial charge < -0.3 is 15.0 Å². The van der Waals surface area contributed by atoms with Gasteiger partial charge in [0, 0.05) is 25.7 Å². The van der Waals surface area contributed by atoms with Crippen molar-refractivity contribution in [1.82, 2.24) is 10.2 Å². The monoisotopic (exact) mass is 200 g/mol. The molecule has 0 radical (unpaired) electrons. The Bertz CT molecular complexity index is 204. The highest BCUT2D eigenvalue weighted by Crippen LogP contribution is 2.27. The Labute approximate surface area is 85.6 Å². The molecule has 0 aliphatic carbocycles. The predicted octanol–water partition coefficient (Wildman–Crippen LogP) is 1.22. The Hall–Kier alpha value is -0.770. The van der Waals surface area contributed by atoms with Gasteiger partial charge in [-0.15, -0.1) is 0 Å². The van der Waals surface area contributed by atoms with Crippen LogP contribution in [0.1, 0.15) is 26.7 Å². The zero-order valence-electron chi connectivity index (χ0n) is 9.30. The average molecular weight is 200 g/mol. The van der Waals surface area contributed by atoms with Crippen LogP contribution < -0.4 is 5.32 Å². The van der Waals surface area contributed by atoms with Gasteiger partial charge in [0.15, 0.2) is 0 Å². The summed E-state index contributed by atoms with van der Waals surface area (Å²) in [7, 11) is 1.63. The minimum Gasteiger partial charge on any atom is -0.383 e. The van der Waals surface area contributed by atoms with E-state index < -0.39 is 0 Å². The van der Waals surface area contributed by atoms with Crippen LogP contribution in [0.3, 0.4) is 0 Å². The number of nitrogens with zero attached hydrogens (tertiary/aromatic N) is 1. The Balaban J connectivity index is 2.36. The van der Waals surface area contributed by atoms with Gasteiger partial charge in [0.25, 0.3) is 0 Å². The zero-order valence-corrected chi connectivity index (χ0v) is 9.30. The molecule has 1 rings (SSSR count). The van der Waals surface area contributed by atoms with Crippen molar-refractivity contribution >= 4 is 6.03 Å². The number of methoxy groups -OCH3 is 1. The number of carbonyl (C=O) groups is 1. The largest absolute Gasteiger partial charge is 0.383 e. The highest BCUT2D eigenvalue weighted by Gasteiger charge is 2.34. The zero-order chi connectivity index (χ0) is 10.6. The molecular weight excluding hydrogens is 180 g/mol. The SMILES string of the molecule is COCCNC(=O)N1CCCC1(C)C. The topological polar surface area (TPSA) is 41.6 Å². The molecule has 1 fully saturated rings. The quantitative estimate of drug-likeness (QED) is 0.696. The molecule has 0 saturated carbocycles. The van der Waals surface area contributed by atoms with E-state index in [2.05, 4.69) is 19.2 Å². The van der Waals surface area contributed by atoms with Gasteiger partial charge in [-0.25, -0.2) is 4.79 Å². The maximum atomic E-state index is 11.7. The second kappa shape index (κ2) is 4.64. The summed E-state index contributed by atoms with van der Waals surface area (Å²) in [5, 5.41) is 2.84. The van der Waals surface area contributed by atoms with E-state index in [1.807, 2.05) is 4.90 Å². The Morgan fingerprint density at radius 3 is 2.79 bits per heavy atom. The number of urea groups is 1. The molecule has 1 aliphatic rings. The molecule has 0 aromatic carbocycles. The molecule has 4 heteroatoms. The fraction of sp³-hybridized carbons (Fsp3) is 0.900. The summed E-state index contributed by atoms with van der Waals surface area (Å²) in [6, 6.07) is 0.0320. The summed E-state index contributed by atoms with van der Waals surface area (Å²) in [5.74, 6) is 0. The maximum Gasteiger partial charge on any atom is 0.317 e. The van der Waals surface area contributed by atoms with Crippen molar-refractivity contribution in [1.29, 1.82) is 0 Å². The first-order chi connectivity index (χ1) is 6.58. The molecule has 2 amide bonds. The lowest BCUT2D eigenvalue weighted by atomic mass is 10.0. The van der Waals surface area contributed by atoms with E-state index in [1.54, 1.807) is 7.11 Å². The maximum absolute atomic E-state index is 11.7. The Kier molecular flexibility index (Phi) is 3.75. The number of likely N-dealkylation sites (tertiary alicyclic amines) is 1. The second-order valence-electron chi connectivity index (χ2n) is 4.29. The predicted molar refractivity (Wildman–Crippen MR) is 55.3 cm³/mol. The molecule has 0 spiro atoms. The lowest BCUT2D eigenvalue weighted by Crippen LogP contribution is -2.48. The number of hydrogen-bond donors (Lipinski definition) is 1. The van der Waals surface area contributed by atoms with Gasteiger partial charge in [-0.3, -0.25) is 0 Å². The summed E-state index contributed by atoms with van der Waals surface area (Å²) < 4.78 is 4.87. The molecule has 14 heavy (non-hydrogen) atoms. The highest BCUT2D eigenvalue weighted by atomic mass is 16.5. The molecule has 82 valence electrons. The molecule has 1 N–H and O–H groups in total. The molecule has 0 aromatic heterocycles. The molecule has 4 nitrogen and oxygen atoms in total. The fourth-order valence-electron chi connectivity index (χ4n) is 1.84. The minimum atomic E-state index is 0.0111. The number of hydrogen-bond acceptors (Lipinski definition) is 2. The Morgan fingerprint density at radius 1 is 1.57 bits per heavy atom. The van der Waals surface area contributed by atoms with E-state index in [9.17, 15) is 4.79 Å². The van der Waals surface area contributed by atoms with Crippen LogP contribution in [0.25, 0.3) is 0 Å². The van der Waals surface area contributed by atoms with E-state index in [1.165, 1.54) is 0 Å². The third-order valence-corrected chi connectivity index (χ3v) is 2.73. The van der Waals surface area contributed by atoms with Crippen molar-refractivity contribution in [2.75, 3.05) is 26.8 Å². The summed E-state index contributed by atoms with van der Waals surface area (Å²) in [5.41, 5.74) is 0.0111. The van der Waals surface area contributed by atoms with E-state index in [0.29, 0.717) is 13.2 Å². The van der Waals surface area contributed by atoms with Gasteiger partial charge in [-0.05, 0) is 26.7 Å². The summed E-state index contributed by atoms with van der Waals surface area (Å²) in [4.78, 5) is 13.6. The average Bonchev–Trinajstić information content (AvgIpc) is 2.45. The number of nitrogens with one attached hydrogen (secondary N) is 1. The van der Waals surface area contributed by atoms with Crippen molar-refractivity contribution in [2.45, 2.75) is 32.2 Å². The molecular formula is C10H20N2O2. The van der Waals surface area contributed by atoms with Gasteiger partial charge >= 0.3 is 6.03 Å². The van der Waals surface area contributed by atoms with Crippen LogP contribution in [-0.4, -0.2) is 43.3 Å². The minimum absolute atomic E-state index is 0.0111. The number of carbonyl (C=O) groups excluding carboxylic acids is 1. The first-order valence-electron chi connectivity index (χ1n) is 5.12. The molecule has 1 aliphatic heterocycles. The lowest BCUT2D eigenvalue weighted by molar-refractivity contribution is 0.157. The summed E-state index contributed by atoms with van der Waals surface area (Å²) >= 11 is 0. The van der Waals surface area contributed by atoms with E-state index in [0.717, 1.165) is 19.4 Å². The number of ether oxygens (including phenoxy) is 1. The van der Waals surface area contributed by atoms with Gasteiger partial charge in [0.05, 0.1) is 6.61 Å². The van der Waals surface area contributed by atoms with Crippen LogP contribution in [0.4, 0.5) is 4.79 Å². The molecule has 0 atom stereocenters. The lowest BCUT2D eigenvalue weighted by Gasteiger charge is -2.31. The van der Waals surface area contributed by atoms with Crippen molar-refractivity contribution in [3.05, 3.63) is 0 Å². The second-order valence-corrected chi connectivity index (χ2v) is 4.29. The first-order valence-corrected chi connectivity index (χ1v) is 5.12. The van der Waals surface area contributed by atoms with Crippen LogP contribution in [-0.2, 0) is 4.74 Å². The smallest absolute Gasteiger partial charge is 0.317 e. The molecule has 1 heterocycles. The normalized spacial score (nSPS) is 19.8. The molecule has 1 saturated heterocycles. The standard InChI is InChI=1S/C10H20N2O2/c1-10(2)5-4-7-12(10)9(13)11-6-8-14-3/h4-8H2,1-3H3,(H,11,13). The van der Waals surface area contributed by atoms with Crippen molar-refractivity contribution in [2.24, 2.45) is 0 Å². The van der Waals surface area contributed by atoms with Crippen LogP contribution in [0.5, 0.6) is 0 Å². The fourth-order valence-corrected chi connectivity index (χ4v) is 1.84. The van der Waals surface area contributed by atoms with Gasteiger partial charge in [-0.2, -0.15) is 0 Å². The van der Waals surface area contributed by atoms with Crippen molar-refractivity contribution in [3.63, 3.8) is 0 Å². The number of rotatable bonds is 3. The summed E-state index contributed by atoms with van der Waals surface area (Å²) in [6.07, 6.45) is 2.19. The van der Waals surface area contributed by atoms with Crippen LogP contribution >= 0.6 is 0 Å². The third-order valence-electron chi connectivity index (χ3n) is 2.73. The molecule has 0 bridgehead atoms. The van der Waals surface area contributed by atoms with E-state index >= 15 is 0 Å². The van der Waals surface area contributed by atoms with Gasteiger partial charge in [0.1, 0.15) is 0 Å². The van der Waals surface area contributed by atoms with Crippen LogP contribution in [0, 0.1) is 0 Å². The van der Waals surface area contributed by atoms with Crippen molar-refractivity contribution < 1.29 is 9.53 Å². The molecule has 0 aromatic rings. The highest BCUT2D eigenvalue weighted by molar-refractivity contribution is 5.75. The molecule has 0 unspecified atom stereocenters. The van der Waals surface area contributed by atoms with Gasteiger partial charge in [0.2, 0.25) is 0 Å². The van der Waals surface area contributed by atoms with E-state index in [4.69, 9.17) is 4.74 Å². The third kappa shape index (κ3) is 2.61. The van der Waals surface area contributed by atoms with Gasteiger partial charge in [-0.1, -0.05) is 0 Å². The van der Waals surface area contributed by atoms with Crippen LogP contribution in [0.15, 0.2) is 0 Å². The van der Waals surface area contributed by atoms with Crippen LogP contribution in [0.2, 0.25) is 0 Å². The summed E-state index contributed by atoms with van der Waals surface area (Å²) in [6.45, 7) is 6.24. The van der Waals surface area contributed by atoms with E-state index in [-0.39, 0.29) is 11.6 Å². The Morgan fingerprint density at radius 2 is 2.29 bits per heavy atom. The number of amides is 2.